The minimum atomic E-state index is -0.290. The fraction of sp³-hybridized carbons (Fsp3) is 0.500. The highest BCUT2D eigenvalue weighted by Crippen LogP contribution is 2.33. The summed E-state index contributed by atoms with van der Waals surface area (Å²) in [5, 5.41) is 0. The van der Waals surface area contributed by atoms with Crippen LogP contribution in [0.2, 0.25) is 0 Å². The Morgan fingerprint density at radius 3 is 2.95 bits per heavy atom. The first kappa shape index (κ1) is 15.7. The molecule has 0 amide bonds. The van der Waals surface area contributed by atoms with E-state index in [-0.39, 0.29) is 11.6 Å². The second-order valence-corrected chi connectivity index (χ2v) is 5.79. The minimum absolute atomic E-state index is 0.106. The SMILES string of the molecule is CO/C=C1/CCCC[C@@H]1CCC(=O)c1ccc(F)cc1C. The lowest BCUT2D eigenvalue weighted by atomic mass is 9.81. The first-order valence-electron chi connectivity index (χ1n) is 7.63. The molecule has 21 heavy (non-hydrogen) atoms. The molecule has 0 aromatic heterocycles. The third-order valence-electron chi connectivity index (χ3n) is 4.27. The molecule has 1 aliphatic carbocycles. The Morgan fingerprint density at radius 2 is 2.24 bits per heavy atom. The van der Waals surface area contributed by atoms with Gasteiger partial charge in [-0.25, -0.2) is 4.39 Å². The summed E-state index contributed by atoms with van der Waals surface area (Å²) in [6, 6.07) is 4.38. The van der Waals surface area contributed by atoms with Crippen LogP contribution in [-0.2, 0) is 4.74 Å². The van der Waals surface area contributed by atoms with Crippen LogP contribution in [0.15, 0.2) is 30.0 Å². The summed E-state index contributed by atoms with van der Waals surface area (Å²) in [5.74, 6) is 0.264. The number of ether oxygens (including phenoxy) is 1. The van der Waals surface area contributed by atoms with Gasteiger partial charge in [0.05, 0.1) is 13.4 Å². The first-order valence-corrected chi connectivity index (χ1v) is 7.63. The molecule has 3 heteroatoms. The Hall–Kier alpha value is -1.64. The first-order chi connectivity index (χ1) is 10.1. The second-order valence-electron chi connectivity index (χ2n) is 5.79. The fourth-order valence-corrected chi connectivity index (χ4v) is 3.13. The van der Waals surface area contributed by atoms with E-state index in [1.165, 1.54) is 30.5 Å². The van der Waals surface area contributed by atoms with Crippen molar-refractivity contribution in [3.63, 3.8) is 0 Å². The van der Waals surface area contributed by atoms with Crippen LogP contribution in [-0.4, -0.2) is 12.9 Å². The summed E-state index contributed by atoms with van der Waals surface area (Å²) in [6.45, 7) is 1.78. The Bertz CT molecular complexity index is 534. The van der Waals surface area contributed by atoms with Gasteiger partial charge in [0.25, 0.3) is 0 Å². The summed E-state index contributed by atoms with van der Waals surface area (Å²) in [6.07, 6.45) is 7.83. The third kappa shape index (κ3) is 4.16. The zero-order chi connectivity index (χ0) is 15.2. The average molecular weight is 290 g/mol. The van der Waals surface area contributed by atoms with Crippen LogP contribution in [0.4, 0.5) is 4.39 Å². The molecule has 1 aromatic rings. The van der Waals surface area contributed by atoms with E-state index in [1.54, 1.807) is 20.1 Å². The van der Waals surface area contributed by atoms with Crippen LogP contribution in [0.1, 0.15) is 54.4 Å². The lowest BCUT2D eigenvalue weighted by Gasteiger charge is -2.24. The lowest BCUT2D eigenvalue weighted by Crippen LogP contribution is -2.13. The van der Waals surface area contributed by atoms with Crippen molar-refractivity contribution in [2.24, 2.45) is 5.92 Å². The summed E-state index contributed by atoms with van der Waals surface area (Å²) in [5.41, 5.74) is 2.69. The Balaban J connectivity index is 1.98. The van der Waals surface area contributed by atoms with Gasteiger partial charge in [0.1, 0.15) is 5.82 Å². The number of carbonyl (C=O) groups is 1. The molecular weight excluding hydrogens is 267 g/mol. The van der Waals surface area contributed by atoms with Crippen molar-refractivity contribution < 1.29 is 13.9 Å². The summed E-state index contributed by atoms with van der Waals surface area (Å²) in [4.78, 5) is 12.3. The number of hydrogen-bond donors (Lipinski definition) is 0. The predicted molar refractivity (Wildman–Crippen MR) is 81.8 cm³/mol. The maximum atomic E-state index is 13.1. The van der Waals surface area contributed by atoms with Crippen LogP contribution in [0, 0.1) is 18.7 Å². The molecule has 0 saturated heterocycles. The molecule has 1 fully saturated rings. The number of benzene rings is 1. The van der Waals surface area contributed by atoms with Gasteiger partial charge in [0.15, 0.2) is 5.78 Å². The quantitative estimate of drug-likeness (QED) is 0.574. The van der Waals surface area contributed by atoms with Gasteiger partial charge in [-0.05, 0) is 67.9 Å². The van der Waals surface area contributed by atoms with Crippen molar-refractivity contribution in [1.29, 1.82) is 0 Å². The van der Waals surface area contributed by atoms with Gasteiger partial charge >= 0.3 is 0 Å². The number of ketones is 1. The molecule has 0 aliphatic heterocycles. The van der Waals surface area contributed by atoms with Gasteiger partial charge in [0, 0.05) is 12.0 Å². The van der Waals surface area contributed by atoms with E-state index in [1.807, 2.05) is 6.26 Å². The van der Waals surface area contributed by atoms with Crippen molar-refractivity contribution in [2.45, 2.75) is 45.4 Å². The second kappa shape index (κ2) is 7.39. The molecule has 0 heterocycles. The van der Waals surface area contributed by atoms with Crippen molar-refractivity contribution >= 4 is 5.78 Å². The average Bonchev–Trinajstić information content (AvgIpc) is 2.46. The lowest BCUT2D eigenvalue weighted by molar-refractivity contribution is 0.0973. The van der Waals surface area contributed by atoms with Crippen LogP contribution >= 0.6 is 0 Å². The number of halogens is 1. The van der Waals surface area contributed by atoms with Crippen LogP contribution in [0.25, 0.3) is 0 Å². The van der Waals surface area contributed by atoms with Crippen molar-refractivity contribution in [2.75, 3.05) is 7.11 Å². The molecule has 1 atom stereocenters. The van der Waals surface area contributed by atoms with Gasteiger partial charge in [-0.1, -0.05) is 6.42 Å². The van der Waals surface area contributed by atoms with Gasteiger partial charge in [-0.2, -0.15) is 0 Å². The highest BCUT2D eigenvalue weighted by atomic mass is 19.1. The summed E-state index contributed by atoms with van der Waals surface area (Å²) in [7, 11) is 1.67. The molecule has 1 aliphatic rings. The molecule has 0 unspecified atom stereocenters. The maximum absolute atomic E-state index is 13.1. The van der Waals surface area contributed by atoms with E-state index < -0.39 is 0 Å². The van der Waals surface area contributed by atoms with Crippen LogP contribution in [0.5, 0.6) is 0 Å². The van der Waals surface area contributed by atoms with Gasteiger partial charge < -0.3 is 4.74 Å². The van der Waals surface area contributed by atoms with E-state index in [0.717, 1.165) is 24.8 Å². The number of aryl methyl sites for hydroxylation is 1. The molecule has 0 radical (unpaired) electrons. The summed E-state index contributed by atoms with van der Waals surface area (Å²) < 4.78 is 18.2. The van der Waals surface area contributed by atoms with E-state index in [0.29, 0.717) is 17.9 Å². The Kier molecular flexibility index (Phi) is 5.54. The van der Waals surface area contributed by atoms with E-state index in [2.05, 4.69) is 0 Å². The number of rotatable bonds is 5. The largest absolute Gasteiger partial charge is 0.504 e. The highest BCUT2D eigenvalue weighted by Gasteiger charge is 2.21. The molecule has 1 saturated carbocycles. The van der Waals surface area contributed by atoms with Crippen LogP contribution in [0.3, 0.4) is 0 Å². The minimum Gasteiger partial charge on any atom is -0.504 e. The molecule has 114 valence electrons. The molecule has 0 bridgehead atoms. The van der Waals surface area contributed by atoms with Gasteiger partial charge in [-0.3, -0.25) is 4.79 Å². The normalized spacial score (nSPS) is 20.5. The number of methoxy groups -OCH3 is 1. The highest BCUT2D eigenvalue weighted by molar-refractivity contribution is 5.97. The van der Waals surface area contributed by atoms with E-state index in [4.69, 9.17) is 4.74 Å². The van der Waals surface area contributed by atoms with E-state index in [9.17, 15) is 9.18 Å². The molecule has 0 spiro atoms. The number of carbonyl (C=O) groups excluding carboxylic acids is 1. The van der Waals surface area contributed by atoms with Crippen molar-refractivity contribution in [3.8, 4) is 0 Å². The van der Waals surface area contributed by atoms with Crippen molar-refractivity contribution in [3.05, 3.63) is 47.0 Å². The smallest absolute Gasteiger partial charge is 0.163 e. The molecule has 0 N–H and O–H groups in total. The number of hydrogen-bond acceptors (Lipinski definition) is 2. The molecular formula is C18H23FO2. The zero-order valence-electron chi connectivity index (χ0n) is 12.8. The van der Waals surface area contributed by atoms with Crippen LogP contribution < -0.4 is 0 Å². The van der Waals surface area contributed by atoms with Gasteiger partial charge in [0.2, 0.25) is 0 Å². The monoisotopic (exact) mass is 290 g/mol. The standard InChI is InChI=1S/C18H23FO2/c1-13-11-16(19)8-9-17(13)18(20)10-7-14-5-3-4-6-15(14)12-21-2/h8-9,11-12,14H,3-7,10H2,1-2H3/b15-12-/t14-/m1/s1. The van der Waals surface area contributed by atoms with E-state index >= 15 is 0 Å². The van der Waals surface area contributed by atoms with Crippen molar-refractivity contribution in [1.82, 2.24) is 0 Å². The Morgan fingerprint density at radius 1 is 1.43 bits per heavy atom. The predicted octanol–water partition coefficient (Wildman–Crippen LogP) is 4.82. The zero-order valence-corrected chi connectivity index (χ0v) is 12.8. The molecule has 2 rings (SSSR count). The molecule has 2 nitrogen and oxygen atoms in total. The number of Topliss-reactive ketones (excluding diaryl/α,β-unsaturated/α-hetero) is 1. The number of allylic oxidation sites excluding steroid dienone is 1. The fourth-order valence-electron chi connectivity index (χ4n) is 3.13. The third-order valence-corrected chi connectivity index (χ3v) is 4.27. The molecule has 1 aromatic carbocycles. The maximum Gasteiger partial charge on any atom is 0.163 e. The summed E-state index contributed by atoms with van der Waals surface area (Å²) >= 11 is 0. The Labute approximate surface area is 126 Å². The topological polar surface area (TPSA) is 26.3 Å². The van der Waals surface area contributed by atoms with Gasteiger partial charge in [-0.15, -0.1) is 0 Å².